The van der Waals surface area contributed by atoms with Gasteiger partial charge in [-0.2, -0.15) is 18.3 Å². The van der Waals surface area contributed by atoms with E-state index >= 15 is 0 Å². The fraction of sp³-hybridized carbons (Fsp3) is 0.286. The van der Waals surface area contributed by atoms with Gasteiger partial charge in [0.05, 0.1) is 34.7 Å². The smallest absolute Gasteiger partial charge is 0.416 e. The van der Waals surface area contributed by atoms with Crippen molar-refractivity contribution in [2.75, 3.05) is 7.05 Å². The van der Waals surface area contributed by atoms with Crippen LogP contribution in [0.3, 0.4) is 0 Å². The lowest BCUT2D eigenvalue weighted by Crippen LogP contribution is -2.33. The highest BCUT2D eigenvalue weighted by atomic mass is 19.4. The molecule has 2 heterocycles. The summed E-state index contributed by atoms with van der Waals surface area (Å²) in [6.07, 6.45) is -4.51. The third-order valence-electron chi connectivity index (χ3n) is 4.67. The predicted molar refractivity (Wildman–Crippen MR) is 102 cm³/mol. The highest BCUT2D eigenvalue weighted by Gasteiger charge is 2.32. The van der Waals surface area contributed by atoms with Gasteiger partial charge in [-0.15, -0.1) is 0 Å². The van der Waals surface area contributed by atoms with Crippen molar-refractivity contribution < 1.29 is 27.2 Å². The van der Waals surface area contributed by atoms with E-state index in [9.17, 15) is 22.8 Å². The summed E-state index contributed by atoms with van der Waals surface area (Å²) in [6.45, 7) is 4.95. The van der Waals surface area contributed by atoms with Crippen molar-refractivity contribution in [2.45, 2.75) is 33.5 Å². The second-order valence-electron chi connectivity index (χ2n) is 7.01. The number of nitrogens with zero attached hydrogens (tertiary/aromatic N) is 3. The average Bonchev–Trinajstić information content (AvgIpc) is 3.22. The molecule has 1 aromatic carbocycles. The minimum absolute atomic E-state index is 0.0693. The minimum Gasteiger partial charge on any atom is -0.464 e. The zero-order chi connectivity index (χ0) is 22.2. The Labute approximate surface area is 170 Å². The molecule has 0 N–H and O–H groups in total. The van der Waals surface area contributed by atoms with E-state index in [-0.39, 0.29) is 29.2 Å². The average molecular weight is 419 g/mol. The van der Waals surface area contributed by atoms with Crippen LogP contribution < -0.4 is 0 Å². The molecule has 0 aliphatic carbocycles. The van der Waals surface area contributed by atoms with Crippen molar-refractivity contribution in [3.8, 4) is 5.69 Å². The number of hydrogen-bond acceptors (Lipinski definition) is 4. The second kappa shape index (κ2) is 7.81. The number of rotatable bonds is 5. The van der Waals surface area contributed by atoms with Gasteiger partial charge in [0.2, 0.25) is 0 Å². The number of Topliss-reactive ketones (excluding diaryl/α,β-unsaturated/α-hetero) is 1. The Balaban J connectivity index is 1.90. The number of aromatic nitrogens is 2. The Morgan fingerprint density at radius 3 is 2.43 bits per heavy atom. The molecule has 1 amide bonds. The number of carbonyl (C=O) groups is 2. The summed E-state index contributed by atoms with van der Waals surface area (Å²) >= 11 is 0. The van der Waals surface area contributed by atoms with E-state index in [2.05, 4.69) is 5.10 Å². The SMILES string of the molecule is Cc1ccc(CN(C)C(=O)C(=O)c2c(C)nn(-c3cccc(C(F)(F)F)c3)c2C)o1. The summed E-state index contributed by atoms with van der Waals surface area (Å²) < 4.78 is 45.8. The summed E-state index contributed by atoms with van der Waals surface area (Å²) in [7, 11) is 1.47. The third-order valence-corrected chi connectivity index (χ3v) is 4.67. The predicted octanol–water partition coefficient (Wildman–Crippen LogP) is 4.25. The zero-order valence-electron chi connectivity index (χ0n) is 16.9. The number of aryl methyl sites for hydroxylation is 2. The van der Waals surface area contributed by atoms with E-state index < -0.39 is 23.4 Å². The maximum absolute atomic E-state index is 13.0. The van der Waals surface area contributed by atoms with Crippen molar-refractivity contribution >= 4 is 11.7 Å². The van der Waals surface area contributed by atoms with E-state index in [1.165, 1.54) is 42.6 Å². The largest absolute Gasteiger partial charge is 0.464 e. The first-order valence-corrected chi connectivity index (χ1v) is 9.08. The van der Waals surface area contributed by atoms with Crippen molar-refractivity contribution in [1.82, 2.24) is 14.7 Å². The van der Waals surface area contributed by atoms with Crippen molar-refractivity contribution in [1.29, 1.82) is 0 Å². The topological polar surface area (TPSA) is 68.3 Å². The number of furan rings is 1. The molecule has 30 heavy (non-hydrogen) atoms. The monoisotopic (exact) mass is 419 g/mol. The summed E-state index contributed by atoms with van der Waals surface area (Å²) in [4.78, 5) is 26.7. The van der Waals surface area contributed by atoms with Crippen LogP contribution >= 0.6 is 0 Å². The lowest BCUT2D eigenvalue weighted by atomic mass is 10.1. The van der Waals surface area contributed by atoms with E-state index in [0.717, 1.165) is 12.1 Å². The van der Waals surface area contributed by atoms with Gasteiger partial charge in [-0.05, 0) is 51.1 Å². The highest BCUT2D eigenvalue weighted by Crippen LogP contribution is 2.31. The van der Waals surface area contributed by atoms with Crippen LogP contribution in [0.15, 0.2) is 40.8 Å². The molecule has 0 bridgehead atoms. The van der Waals surface area contributed by atoms with Crippen LogP contribution in [0.5, 0.6) is 0 Å². The van der Waals surface area contributed by atoms with Crippen molar-refractivity contribution in [3.05, 3.63) is 70.4 Å². The summed E-state index contributed by atoms with van der Waals surface area (Å²) in [5.41, 5.74) is -0.0703. The fourth-order valence-electron chi connectivity index (χ4n) is 3.19. The Morgan fingerprint density at radius 2 is 1.83 bits per heavy atom. The van der Waals surface area contributed by atoms with Gasteiger partial charge >= 0.3 is 6.18 Å². The molecule has 0 fully saturated rings. The van der Waals surface area contributed by atoms with Crippen molar-refractivity contribution in [3.63, 3.8) is 0 Å². The number of alkyl halides is 3. The molecule has 0 aliphatic rings. The molecule has 0 radical (unpaired) electrons. The second-order valence-corrected chi connectivity index (χ2v) is 7.01. The Hall–Kier alpha value is -3.36. The maximum Gasteiger partial charge on any atom is 0.416 e. The molecule has 158 valence electrons. The van der Waals surface area contributed by atoms with Gasteiger partial charge in [-0.25, -0.2) is 4.68 Å². The van der Waals surface area contributed by atoms with Crippen LogP contribution in [-0.4, -0.2) is 33.4 Å². The molecule has 3 aromatic rings. The molecule has 0 saturated heterocycles. The lowest BCUT2D eigenvalue weighted by Gasteiger charge is -2.15. The Bertz CT molecular complexity index is 1110. The molecule has 0 spiro atoms. The quantitative estimate of drug-likeness (QED) is 0.458. The first-order chi connectivity index (χ1) is 14.0. The Morgan fingerprint density at radius 1 is 1.13 bits per heavy atom. The first kappa shape index (κ1) is 21.4. The van der Waals surface area contributed by atoms with E-state index in [0.29, 0.717) is 11.5 Å². The number of ketones is 1. The van der Waals surface area contributed by atoms with Gasteiger partial charge in [-0.3, -0.25) is 9.59 Å². The molecule has 0 saturated carbocycles. The van der Waals surface area contributed by atoms with Gasteiger partial charge in [0.1, 0.15) is 11.5 Å². The zero-order valence-corrected chi connectivity index (χ0v) is 16.9. The summed E-state index contributed by atoms with van der Waals surface area (Å²) in [5.74, 6) is -0.330. The van der Waals surface area contributed by atoms with Crippen LogP contribution in [0, 0.1) is 20.8 Å². The Kier molecular flexibility index (Phi) is 5.56. The van der Waals surface area contributed by atoms with Gasteiger partial charge in [0.25, 0.3) is 11.7 Å². The molecule has 2 aromatic heterocycles. The molecular formula is C21H20F3N3O3. The molecule has 3 rings (SSSR count). The number of likely N-dealkylation sites (N-methyl/N-ethyl adjacent to an activating group) is 1. The van der Waals surface area contributed by atoms with Crippen LogP contribution in [0.1, 0.15) is 38.8 Å². The molecule has 6 nitrogen and oxygen atoms in total. The van der Waals surface area contributed by atoms with Crippen LogP contribution in [0.2, 0.25) is 0 Å². The van der Waals surface area contributed by atoms with Gasteiger partial charge in [0, 0.05) is 7.05 Å². The summed E-state index contributed by atoms with van der Waals surface area (Å²) in [5, 5.41) is 4.19. The molecule has 0 aliphatic heterocycles. The highest BCUT2D eigenvalue weighted by molar-refractivity contribution is 6.43. The van der Waals surface area contributed by atoms with Crippen molar-refractivity contribution in [2.24, 2.45) is 0 Å². The van der Waals surface area contributed by atoms with Gasteiger partial charge < -0.3 is 9.32 Å². The van der Waals surface area contributed by atoms with Gasteiger partial charge in [0.15, 0.2) is 0 Å². The number of carbonyl (C=O) groups excluding carboxylic acids is 2. The molecule has 0 unspecified atom stereocenters. The molecular weight excluding hydrogens is 399 g/mol. The third kappa shape index (κ3) is 4.14. The van der Waals surface area contributed by atoms with Gasteiger partial charge in [-0.1, -0.05) is 6.07 Å². The maximum atomic E-state index is 13.0. The number of hydrogen-bond donors (Lipinski definition) is 0. The van der Waals surface area contributed by atoms with E-state index in [1.54, 1.807) is 19.1 Å². The van der Waals surface area contributed by atoms with Crippen LogP contribution in [-0.2, 0) is 17.5 Å². The normalized spacial score (nSPS) is 11.6. The first-order valence-electron chi connectivity index (χ1n) is 9.08. The van der Waals surface area contributed by atoms with Crippen LogP contribution in [0.4, 0.5) is 13.2 Å². The molecule has 0 atom stereocenters. The number of amides is 1. The standard InChI is InChI=1S/C21H20F3N3O3/c1-12-8-9-17(30-12)11-26(4)20(29)19(28)18-13(2)25-27(14(18)3)16-7-5-6-15(10-16)21(22,23)24/h5-10H,11H2,1-4H3. The summed E-state index contributed by atoms with van der Waals surface area (Å²) in [6, 6.07) is 8.09. The van der Waals surface area contributed by atoms with Crippen LogP contribution in [0.25, 0.3) is 5.69 Å². The van der Waals surface area contributed by atoms with E-state index in [1.807, 2.05) is 0 Å². The van der Waals surface area contributed by atoms with E-state index in [4.69, 9.17) is 4.42 Å². The number of halogens is 3. The lowest BCUT2D eigenvalue weighted by molar-refractivity contribution is -0.137. The number of benzene rings is 1. The fourth-order valence-corrected chi connectivity index (χ4v) is 3.19. The molecule has 9 heteroatoms. The minimum atomic E-state index is -4.51.